The predicted molar refractivity (Wildman–Crippen MR) is 178 cm³/mol. The topological polar surface area (TPSA) is 65.6 Å². The van der Waals surface area contributed by atoms with E-state index in [0.29, 0.717) is 74.2 Å². The summed E-state index contributed by atoms with van der Waals surface area (Å²) in [6.07, 6.45) is -0.495. The molecule has 13 heteroatoms. The van der Waals surface area contributed by atoms with Gasteiger partial charge in [0.25, 0.3) is 0 Å². The van der Waals surface area contributed by atoms with Crippen molar-refractivity contribution in [2.75, 3.05) is 65.6 Å². The van der Waals surface area contributed by atoms with Crippen molar-refractivity contribution in [2.24, 2.45) is 0 Å². The Hall–Kier alpha value is -2.00. The van der Waals surface area contributed by atoms with Crippen LogP contribution in [0.5, 0.6) is 0 Å². The molecule has 2 aromatic carbocycles. The Morgan fingerprint density at radius 1 is 0.634 bits per heavy atom. The van der Waals surface area contributed by atoms with Crippen LogP contribution in [0.2, 0.25) is 0 Å². The number of ether oxygens (including phenoxy) is 2. The van der Waals surface area contributed by atoms with Crippen LogP contribution in [-0.2, 0) is 34.7 Å². The molecule has 4 rings (SSSR count). The van der Waals surface area contributed by atoms with E-state index in [0.717, 1.165) is 0 Å². The molecule has 220 valence electrons. The number of amides is 2. The van der Waals surface area contributed by atoms with Crippen LogP contribution >= 0.6 is 24.4 Å². The molecule has 0 N–H and O–H groups in total. The van der Waals surface area contributed by atoms with Crippen LogP contribution in [0.15, 0.2) is 60.7 Å². The summed E-state index contributed by atoms with van der Waals surface area (Å²) < 4.78 is 13.8. The van der Waals surface area contributed by atoms with E-state index in [2.05, 4.69) is 60.7 Å². The summed E-state index contributed by atoms with van der Waals surface area (Å²) in [5, 5.41) is 0. The van der Waals surface area contributed by atoms with Crippen molar-refractivity contribution in [3.63, 3.8) is 0 Å². The quantitative estimate of drug-likeness (QED) is 0.266. The first-order chi connectivity index (χ1) is 19.7. The number of thiocarbonyl (C=S) groups is 2. The van der Waals surface area contributed by atoms with E-state index in [1.165, 1.54) is 7.16 Å². The van der Waals surface area contributed by atoms with Crippen LogP contribution in [0.25, 0.3) is 0 Å². The second kappa shape index (κ2) is 20.0. The van der Waals surface area contributed by atoms with Gasteiger partial charge in [-0.3, -0.25) is 0 Å². The summed E-state index contributed by atoms with van der Waals surface area (Å²) in [7, 11) is 0. The number of rotatable bonds is 4. The maximum absolute atomic E-state index is 11.3. The van der Waals surface area contributed by atoms with Gasteiger partial charge in [0.1, 0.15) is 0 Å². The van der Waals surface area contributed by atoms with E-state index in [1.807, 2.05) is 9.80 Å². The van der Waals surface area contributed by atoms with Crippen LogP contribution in [0.1, 0.15) is 13.8 Å². The number of nitrogens with zero attached hydrogens (tertiary/aromatic N) is 4. The third-order valence-electron chi connectivity index (χ3n) is 5.96. The van der Waals surface area contributed by atoms with Crippen molar-refractivity contribution >= 4 is 98.8 Å². The zero-order chi connectivity index (χ0) is 30.0. The number of hydrogen-bond acceptors (Lipinski definition) is 8. The molecule has 0 unspecified atom stereocenters. The molecule has 0 radical (unpaired) electrons. The van der Waals surface area contributed by atoms with E-state index in [4.69, 9.17) is 59.2 Å². The van der Waals surface area contributed by atoms with E-state index in [9.17, 15) is 9.59 Å². The van der Waals surface area contributed by atoms with Gasteiger partial charge in [0, 0.05) is 52.4 Å². The van der Waals surface area contributed by atoms with Gasteiger partial charge in [-0.25, -0.2) is 9.59 Å². The molecule has 2 aromatic rings. The van der Waals surface area contributed by atoms with E-state index in [1.54, 1.807) is 23.6 Å². The Labute approximate surface area is 275 Å². The van der Waals surface area contributed by atoms with Crippen molar-refractivity contribution in [1.29, 1.82) is 0 Å². The third-order valence-corrected chi connectivity index (χ3v) is 10.5. The van der Waals surface area contributed by atoms with Gasteiger partial charge in [-0.2, -0.15) is 0 Å². The molecule has 2 fully saturated rings. The van der Waals surface area contributed by atoms with E-state index < -0.39 is 21.1 Å². The number of carbonyl (C=O) groups excluding carboxylic acids is 2. The summed E-state index contributed by atoms with van der Waals surface area (Å²) in [5.41, 5.74) is 0. The van der Waals surface area contributed by atoms with Crippen molar-refractivity contribution < 1.29 is 19.1 Å². The summed E-state index contributed by atoms with van der Waals surface area (Å²) in [6, 6.07) is 21.6. The summed E-state index contributed by atoms with van der Waals surface area (Å²) in [6.45, 7) is 9.80. The fraction of sp³-hybridized carbons (Fsp3) is 0.429. The monoisotopic (exact) mass is 740 g/mol. The van der Waals surface area contributed by atoms with Gasteiger partial charge in [0.15, 0.2) is 0 Å². The fourth-order valence-corrected chi connectivity index (χ4v) is 7.51. The molecule has 0 aliphatic carbocycles. The molecule has 0 atom stereocenters. The Morgan fingerprint density at radius 2 is 0.927 bits per heavy atom. The molecule has 2 aliphatic heterocycles. The first-order valence-corrected chi connectivity index (χ1v) is 17.9. The Balaban J connectivity index is 0.000000215. The number of carbonyl (C=O) groups is 2. The zero-order valence-corrected chi connectivity index (χ0v) is 29.5. The van der Waals surface area contributed by atoms with Crippen LogP contribution in [-0.4, -0.2) is 127 Å². The average molecular weight is 740 g/mol. The van der Waals surface area contributed by atoms with Gasteiger partial charge < -0.3 is 78.8 Å². The molecule has 0 bridgehead atoms. The van der Waals surface area contributed by atoms with Crippen LogP contribution in [0.4, 0.5) is 9.59 Å². The molecule has 0 saturated carbocycles. The molecular formula is C28H36N4O4S4Sn. The van der Waals surface area contributed by atoms with Crippen LogP contribution in [0.3, 0.4) is 0 Å². The normalized spacial score (nSPS) is 14.3. The van der Waals surface area contributed by atoms with Gasteiger partial charge in [-0.15, -0.1) is 0 Å². The van der Waals surface area contributed by atoms with Gasteiger partial charge in [-0.1, -0.05) is 8.64 Å². The Morgan fingerprint density at radius 3 is 1.20 bits per heavy atom. The maximum atomic E-state index is 11.3. The number of benzene rings is 2. The fourth-order valence-electron chi connectivity index (χ4n) is 3.78. The van der Waals surface area contributed by atoms with Crippen molar-refractivity contribution in [3.8, 4) is 0 Å². The van der Waals surface area contributed by atoms with Crippen LogP contribution in [0, 0.1) is 0 Å². The molecule has 2 amide bonds. The number of hydrogen-bond donors (Lipinski definition) is 0. The molecule has 41 heavy (non-hydrogen) atoms. The average Bonchev–Trinajstić information content (AvgIpc) is 2.99. The van der Waals surface area contributed by atoms with E-state index in [-0.39, 0.29) is 12.2 Å². The third kappa shape index (κ3) is 13.7. The van der Waals surface area contributed by atoms with E-state index >= 15 is 0 Å². The SMILES string of the molecule is CCOC(=O)N1CCN(C(=S)[S-])CC1.CCOC(=O)N1CCN(C(=S)[S-])CC1.c1cc[c]([Sn+2][c]2ccccc2)cc1. The van der Waals surface area contributed by atoms with Gasteiger partial charge >= 0.3 is 101 Å². The second-order valence-corrected chi connectivity index (χ2v) is 14.8. The van der Waals surface area contributed by atoms with Crippen LogP contribution < -0.4 is 7.16 Å². The molecule has 0 aromatic heterocycles. The second-order valence-electron chi connectivity index (χ2n) is 8.73. The molecule has 2 aliphatic rings. The molecule has 0 spiro atoms. The standard InChI is InChI=1S/2C8H14N2O2S2.2C6H5.Sn/c2*1-2-12-7(11)9-3-5-10(6-4-9)8(13)14;2*1-2-4-6-5-3-1;/h2*2-6H2,1H3,(H,13,14);2*1-5H;/q;;;;+2/p-2. The van der Waals surface area contributed by atoms with Gasteiger partial charge in [0.2, 0.25) is 0 Å². The minimum atomic E-state index is -0.517. The van der Waals surface area contributed by atoms with Crippen molar-refractivity contribution in [1.82, 2.24) is 19.6 Å². The molecular weight excluding hydrogens is 703 g/mol. The zero-order valence-electron chi connectivity index (χ0n) is 23.4. The molecule has 2 heterocycles. The molecule has 8 nitrogen and oxygen atoms in total. The summed E-state index contributed by atoms with van der Waals surface area (Å²) in [5.74, 6) is 0. The first kappa shape index (κ1) is 35.2. The Bertz CT molecular complexity index is 1000. The Kier molecular flexibility index (Phi) is 17.2. The van der Waals surface area contributed by atoms with Crippen molar-refractivity contribution in [2.45, 2.75) is 13.8 Å². The van der Waals surface area contributed by atoms with Crippen molar-refractivity contribution in [3.05, 3.63) is 60.7 Å². The summed E-state index contributed by atoms with van der Waals surface area (Å²) >= 11 is 19.0. The first-order valence-electron chi connectivity index (χ1n) is 13.4. The minimum absolute atomic E-state index is 0.248. The summed E-state index contributed by atoms with van der Waals surface area (Å²) in [4.78, 5) is 29.8. The van der Waals surface area contributed by atoms with Gasteiger partial charge in [0.05, 0.1) is 13.2 Å². The molecule has 2 saturated heterocycles. The predicted octanol–water partition coefficient (Wildman–Crippen LogP) is 2.53. The number of piperazine rings is 2. The van der Waals surface area contributed by atoms with Gasteiger partial charge in [-0.05, 0) is 13.8 Å².